The van der Waals surface area contributed by atoms with Gasteiger partial charge in [-0.1, -0.05) is 6.92 Å². The molecular formula is C17H31N3O. The smallest absolute Gasteiger partial charge is 0.222 e. The molecule has 0 aromatic carbocycles. The fourth-order valence-corrected chi connectivity index (χ4v) is 4.23. The summed E-state index contributed by atoms with van der Waals surface area (Å²) in [6.07, 6.45) is 6.94. The third-order valence-electron chi connectivity index (χ3n) is 5.69. The molecule has 3 heterocycles. The minimum atomic E-state index is 0.415. The van der Waals surface area contributed by atoms with E-state index >= 15 is 0 Å². The van der Waals surface area contributed by atoms with Gasteiger partial charge in [-0.05, 0) is 63.1 Å². The van der Waals surface area contributed by atoms with Crippen LogP contribution in [-0.4, -0.2) is 61.5 Å². The molecule has 0 aliphatic carbocycles. The van der Waals surface area contributed by atoms with E-state index in [1.165, 1.54) is 64.8 Å². The Balaban J connectivity index is 1.39. The molecule has 0 radical (unpaired) electrons. The number of carbonyl (C=O) groups is 1. The summed E-state index contributed by atoms with van der Waals surface area (Å²) in [7, 11) is 0. The van der Waals surface area contributed by atoms with Gasteiger partial charge in [0, 0.05) is 32.6 Å². The van der Waals surface area contributed by atoms with Crippen molar-refractivity contribution in [2.75, 3.05) is 45.8 Å². The number of carbonyl (C=O) groups excluding carboxylic acids is 1. The fourth-order valence-electron chi connectivity index (χ4n) is 4.23. The summed E-state index contributed by atoms with van der Waals surface area (Å²) >= 11 is 0. The quantitative estimate of drug-likeness (QED) is 0.857. The van der Waals surface area contributed by atoms with E-state index in [1.807, 2.05) is 0 Å². The SMILES string of the molecule is CC1(CN2CCC(CC(=O)N3CCCC3)CC2)CCNC1. The van der Waals surface area contributed by atoms with Gasteiger partial charge in [0.25, 0.3) is 0 Å². The Bertz CT molecular complexity index is 351. The molecular weight excluding hydrogens is 262 g/mol. The zero-order valence-electron chi connectivity index (χ0n) is 13.6. The highest BCUT2D eigenvalue weighted by Crippen LogP contribution is 2.29. The zero-order chi connectivity index (χ0) is 14.7. The number of rotatable bonds is 4. The average molecular weight is 293 g/mol. The molecule has 0 saturated carbocycles. The van der Waals surface area contributed by atoms with Crippen molar-refractivity contribution in [1.29, 1.82) is 0 Å². The summed E-state index contributed by atoms with van der Waals surface area (Å²) in [5.41, 5.74) is 0.470. The van der Waals surface area contributed by atoms with Gasteiger partial charge in [0.2, 0.25) is 5.91 Å². The first-order valence-corrected chi connectivity index (χ1v) is 8.85. The molecule has 3 saturated heterocycles. The molecule has 4 heteroatoms. The van der Waals surface area contributed by atoms with Crippen molar-refractivity contribution < 1.29 is 4.79 Å². The van der Waals surface area contributed by atoms with E-state index in [2.05, 4.69) is 22.0 Å². The van der Waals surface area contributed by atoms with Crippen LogP contribution in [0, 0.1) is 11.3 Å². The standard InChI is InChI=1S/C17H31N3O/c1-17(6-7-18-13-17)14-19-10-4-15(5-11-19)12-16(21)20-8-2-3-9-20/h15,18H,2-14H2,1H3. The first kappa shape index (κ1) is 15.3. The van der Waals surface area contributed by atoms with Crippen molar-refractivity contribution in [3.63, 3.8) is 0 Å². The van der Waals surface area contributed by atoms with Gasteiger partial charge < -0.3 is 15.1 Å². The molecule has 3 rings (SSSR count). The van der Waals surface area contributed by atoms with Crippen LogP contribution in [0.15, 0.2) is 0 Å². The Morgan fingerprint density at radius 1 is 1.19 bits per heavy atom. The Hall–Kier alpha value is -0.610. The minimum absolute atomic E-state index is 0.415. The van der Waals surface area contributed by atoms with Crippen molar-refractivity contribution in [3.05, 3.63) is 0 Å². The summed E-state index contributed by atoms with van der Waals surface area (Å²) in [4.78, 5) is 16.9. The van der Waals surface area contributed by atoms with Crippen molar-refractivity contribution in [2.45, 2.75) is 45.4 Å². The second kappa shape index (κ2) is 6.66. The second-order valence-electron chi connectivity index (χ2n) is 7.75. The normalized spacial score (nSPS) is 32.0. The monoisotopic (exact) mass is 293 g/mol. The molecule has 1 N–H and O–H groups in total. The van der Waals surface area contributed by atoms with Gasteiger partial charge in [-0.2, -0.15) is 0 Å². The van der Waals surface area contributed by atoms with Crippen LogP contribution < -0.4 is 5.32 Å². The predicted molar refractivity (Wildman–Crippen MR) is 85.2 cm³/mol. The average Bonchev–Trinajstić information content (AvgIpc) is 3.13. The molecule has 0 spiro atoms. The molecule has 0 aromatic heterocycles. The van der Waals surface area contributed by atoms with Crippen molar-refractivity contribution in [1.82, 2.24) is 15.1 Å². The van der Waals surface area contributed by atoms with Crippen molar-refractivity contribution in [3.8, 4) is 0 Å². The van der Waals surface area contributed by atoms with Crippen molar-refractivity contribution >= 4 is 5.91 Å². The Morgan fingerprint density at radius 2 is 1.90 bits per heavy atom. The summed E-state index contributed by atoms with van der Waals surface area (Å²) in [6.45, 7) is 10.4. The summed E-state index contributed by atoms with van der Waals surface area (Å²) < 4.78 is 0. The zero-order valence-corrected chi connectivity index (χ0v) is 13.6. The molecule has 4 nitrogen and oxygen atoms in total. The highest BCUT2D eigenvalue weighted by Gasteiger charge is 2.32. The maximum absolute atomic E-state index is 12.2. The highest BCUT2D eigenvalue weighted by atomic mass is 16.2. The molecule has 0 aromatic rings. The number of hydrogen-bond donors (Lipinski definition) is 1. The fraction of sp³-hybridized carbons (Fsp3) is 0.941. The van der Waals surface area contributed by atoms with Gasteiger partial charge in [-0.3, -0.25) is 4.79 Å². The topological polar surface area (TPSA) is 35.6 Å². The van der Waals surface area contributed by atoms with E-state index in [9.17, 15) is 4.79 Å². The Labute approximate surface area is 129 Å². The van der Waals surface area contributed by atoms with Crippen LogP contribution in [0.4, 0.5) is 0 Å². The predicted octanol–water partition coefficient (Wildman–Crippen LogP) is 1.71. The van der Waals surface area contributed by atoms with Crippen molar-refractivity contribution in [2.24, 2.45) is 11.3 Å². The maximum atomic E-state index is 12.2. The van der Waals surface area contributed by atoms with Crippen LogP contribution in [0.3, 0.4) is 0 Å². The lowest BCUT2D eigenvalue weighted by atomic mass is 9.87. The molecule has 1 amide bonds. The Morgan fingerprint density at radius 3 is 2.52 bits per heavy atom. The largest absolute Gasteiger partial charge is 0.343 e. The number of hydrogen-bond acceptors (Lipinski definition) is 3. The summed E-state index contributed by atoms with van der Waals surface area (Å²) in [6, 6.07) is 0. The van der Waals surface area contributed by atoms with E-state index in [0.717, 1.165) is 19.5 Å². The molecule has 1 unspecified atom stereocenters. The highest BCUT2D eigenvalue weighted by molar-refractivity contribution is 5.76. The molecule has 21 heavy (non-hydrogen) atoms. The van der Waals surface area contributed by atoms with Gasteiger partial charge in [0.05, 0.1) is 0 Å². The number of piperidine rings is 1. The third kappa shape index (κ3) is 3.98. The van der Waals surface area contributed by atoms with E-state index in [4.69, 9.17) is 0 Å². The van der Waals surface area contributed by atoms with Crippen LogP contribution in [0.25, 0.3) is 0 Å². The minimum Gasteiger partial charge on any atom is -0.343 e. The van der Waals surface area contributed by atoms with E-state index in [1.54, 1.807) is 0 Å². The van der Waals surface area contributed by atoms with Crippen LogP contribution in [-0.2, 0) is 4.79 Å². The van der Waals surface area contributed by atoms with Crippen LogP contribution in [0.1, 0.15) is 45.4 Å². The number of nitrogens with one attached hydrogen (secondary N) is 1. The van der Waals surface area contributed by atoms with Crippen LogP contribution in [0.2, 0.25) is 0 Å². The number of amides is 1. The third-order valence-corrected chi connectivity index (χ3v) is 5.69. The molecule has 3 aliphatic heterocycles. The lowest BCUT2D eigenvalue weighted by Crippen LogP contribution is -2.42. The second-order valence-corrected chi connectivity index (χ2v) is 7.75. The summed E-state index contributed by atoms with van der Waals surface area (Å²) in [5.74, 6) is 1.04. The number of nitrogens with zero attached hydrogens (tertiary/aromatic N) is 2. The van der Waals surface area contributed by atoms with Gasteiger partial charge in [0.1, 0.15) is 0 Å². The molecule has 0 bridgehead atoms. The van der Waals surface area contributed by atoms with Gasteiger partial charge in [-0.25, -0.2) is 0 Å². The molecule has 120 valence electrons. The Kier molecular flexibility index (Phi) is 4.85. The van der Waals surface area contributed by atoms with Gasteiger partial charge in [0.15, 0.2) is 0 Å². The van der Waals surface area contributed by atoms with Crippen LogP contribution >= 0.6 is 0 Å². The molecule has 3 fully saturated rings. The lowest BCUT2D eigenvalue weighted by molar-refractivity contribution is -0.131. The summed E-state index contributed by atoms with van der Waals surface area (Å²) in [5, 5.41) is 3.49. The van der Waals surface area contributed by atoms with Gasteiger partial charge in [-0.15, -0.1) is 0 Å². The number of likely N-dealkylation sites (tertiary alicyclic amines) is 2. The maximum Gasteiger partial charge on any atom is 0.222 e. The van der Waals surface area contributed by atoms with E-state index in [-0.39, 0.29) is 0 Å². The molecule has 1 atom stereocenters. The van der Waals surface area contributed by atoms with E-state index in [0.29, 0.717) is 17.2 Å². The van der Waals surface area contributed by atoms with Crippen LogP contribution in [0.5, 0.6) is 0 Å². The van der Waals surface area contributed by atoms with Gasteiger partial charge >= 0.3 is 0 Å². The lowest BCUT2D eigenvalue weighted by Gasteiger charge is -2.37. The molecule has 3 aliphatic rings. The van der Waals surface area contributed by atoms with E-state index < -0.39 is 0 Å². The first-order chi connectivity index (χ1) is 10.1. The first-order valence-electron chi connectivity index (χ1n) is 8.85.